The molecule has 0 fully saturated rings. The second kappa shape index (κ2) is 4.49. The van der Waals surface area contributed by atoms with Gasteiger partial charge in [-0.3, -0.25) is 0 Å². The van der Waals surface area contributed by atoms with Crippen LogP contribution in [-0.2, 0) is 17.9 Å². The molecule has 0 aromatic heterocycles. The highest BCUT2D eigenvalue weighted by atomic mass is 16.7. The van der Waals surface area contributed by atoms with E-state index in [4.69, 9.17) is 14.6 Å². The third-order valence-corrected chi connectivity index (χ3v) is 2.84. The van der Waals surface area contributed by atoms with Crippen LogP contribution in [-0.4, -0.2) is 28.9 Å². The molecule has 5 heteroatoms. The molecule has 1 aromatic rings. The van der Waals surface area contributed by atoms with Crippen molar-refractivity contribution >= 4 is 6.09 Å². The lowest BCUT2D eigenvalue weighted by molar-refractivity contribution is -0.180. The third-order valence-electron chi connectivity index (χ3n) is 2.84. The molecule has 1 aliphatic rings. The number of hydrogen-bond donors (Lipinski definition) is 1. The number of rotatable bonds is 2. The molecule has 0 saturated carbocycles. The summed E-state index contributed by atoms with van der Waals surface area (Å²) >= 11 is 0. The van der Waals surface area contributed by atoms with E-state index in [0.717, 1.165) is 16.9 Å². The van der Waals surface area contributed by atoms with E-state index in [1.54, 1.807) is 0 Å². The highest BCUT2D eigenvalue weighted by Gasteiger charge is 2.29. The average molecular weight is 251 g/mol. The Balaban J connectivity index is 2.30. The number of fused-ring (bicyclic) bond motifs is 1. The summed E-state index contributed by atoms with van der Waals surface area (Å²) < 4.78 is 11.3. The molecule has 0 saturated heterocycles. The fraction of sp³-hybridized carbons (Fsp3) is 0.462. The van der Waals surface area contributed by atoms with Gasteiger partial charge in [0.2, 0.25) is 5.79 Å². The first-order valence-corrected chi connectivity index (χ1v) is 5.77. The molecular weight excluding hydrogens is 234 g/mol. The van der Waals surface area contributed by atoms with Crippen molar-refractivity contribution in [2.24, 2.45) is 0 Å². The van der Waals surface area contributed by atoms with Crippen LogP contribution < -0.4 is 4.74 Å². The Morgan fingerprint density at radius 1 is 1.50 bits per heavy atom. The number of ether oxygens (including phenoxy) is 2. The monoisotopic (exact) mass is 251 g/mol. The maximum absolute atomic E-state index is 10.9. The van der Waals surface area contributed by atoms with Crippen LogP contribution in [0.5, 0.6) is 5.75 Å². The summed E-state index contributed by atoms with van der Waals surface area (Å²) in [4.78, 5) is 12.1. The maximum Gasteiger partial charge on any atom is 0.407 e. The number of para-hydroxylation sites is 1. The fourth-order valence-electron chi connectivity index (χ4n) is 1.86. The van der Waals surface area contributed by atoms with E-state index >= 15 is 0 Å². The van der Waals surface area contributed by atoms with Gasteiger partial charge in [0.1, 0.15) is 5.75 Å². The minimum absolute atomic E-state index is 0.300. The van der Waals surface area contributed by atoms with Gasteiger partial charge in [0.15, 0.2) is 0 Å². The standard InChI is InChI=1S/C13H17NO4/c1-13(2)17-8-10-6-4-5-9(11(10)18-13)7-14(3)12(15)16/h4-6H,7-8H2,1-3H3,(H,15,16). The zero-order valence-corrected chi connectivity index (χ0v) is 10.8. The van der Waals surface area contributed by atoms with Crippen LogP contribution >= 0.6 is 0 Å². The number of nitrogens with zero attached hydrogens (tertiary/aromatic N) is 1. The van der Waals surface area contributed by atoms with Gasteiger partial charge < -0.3 is 19.5 Å². The molecule has 98 valence electrons. The van der Waals surface area contributed by atoms with Crippen molar-refractivity contribution in [2.45, 2.75) is 32.8 Å². The molecule has 1 aromatic carbocycles. The van der Waals surface area contributed by atoms with Gasteiger partial charge in [-0.1, -0.05) is 18.2 Å². The lowest BCUT2D eigenvalue weighted by Gasteiger charge is -2.34. The summed E-state index contributed by atoms with van der Waals surface area (Å²) in [6.45, 7) is 4.46. The summed E-state index contributed by atoms with van der Waals surface area (Å²) in [7, 11) is 1.53. The Labute approximate surface area is 106 Å². The number of amides is 1. The van der Waals surface area contributed by atoms with E-state index < -0.39 is 11.9 Å². The van der Waals surface area contributed by atoms with E-state index in [1.807, 2.05) is 32.0 Å². The Morgan fingerprint density at radius 3 is 2.89 bits per heavy atom. The van der Waals surface area contributed by atoms with Crippen molar-refractivity contribution in [3.63, 3.8) is 0 Å². The minimum atomic E-state index is -0.959. The summed E-state index contributed by atoms with van der Waals surface area (Å²) in [5.41, 5.74) is 1.80. The zero-order valence-electron chi connectivity index (χ0n) is 10.8. The van der Waals surface area contributed by atoms with E-state index in [1.165, 1.54) is 11.9 Å². The number of carbonyl (C=O) groups is 1. The molecule has 1 N–H and O–H groups in total. The highest BCUT2D eigenvalue weighted by Crippen LogP contribution is 2.34. The second-order valence-electron chi connectivity index (χ2n) is 4.83. The predicted molar refractivity (Wildman–Crippen MR) is 65.4 cm³/mol. The van der Waals surface area contributed by atoms with Gasteiger partial charge in [0.05, 0.1) is 13.2 Å². The number of benzene rings is 1. The molecule has 0 aliphatic carbocycles. The van der Waals surface area contributed by atoms with Gasteiger partial charge in [-0.05, 0) is 0 Å². The lowest BCUT2D eigenvalue weighted by atomic mass is 10.1. The molecule has 0 unspecified atom stereocenters. The van der Waals surface area contributed by atoms with Crippen molar-refractivity contribution in [1.82, 2.24) is 4.90 Å². The van der Waals surface area contributed by atoms with Gasteiger partial charge in [-0.25, -0.2) is 4.79 Å². The lowest BCUT2D eigenvalue weighted by Crippen LogP contribution is -2.36. The van der Waals surface area contributed by atoms with Crippen molar-refractivity contribution in [3.05, 3.63) is 29.3 Å². The van der Waals surface area contributed by atoms with Gasteiger partial charge in [-0.15, -0.1) is 0 Å². The molecule has 18 heavy (non-hydrogen) atoms. The highest BCUT2D eigenvalue weighted by molar-refractivity contribution is 5.64. The topological polar surface area (TPSA) is 59.0 Å². The number of hydrogen-bond acceptors (Lipinski definition) is 3. The van der Waals surface area contributed by atoms with Crippen LogP contribution in [0.1, 0.15) is 25.0 Å². The first-order valence-electron chi connectivity index (χ1n) is 5.77. The van der Waals surface area contributed by atoms with Crippen LogP contribution in [0.25, 0.3) is 0 Å². The SMILES string of the molecule is CN(Cc1cccc2c1OC(C)(C)OC2)C(=O)O. The molecule has 0 radical (unpaired) electrons. The molecule has 0 bridgehead atoms. The molecule has 0 atom stereocenters. The molecule has 1 amide bonds. The second-order valence-corrected chi connectivity index (χ2v) is 4.83. The quantitative estimate of drug-likeness (QED) is 0.877. The van der Waals surface area contributed by atoms with E-state index in [2.05, 4.69) is 0 Å². The number of carboxylic acid groups (broad SMARTS) is 1. The van der Waals surface area contributed by atoms with Gasteiger partial charge >= 0.3 is 6.09 Å². The molecule has 1 aliphatic heterocycles. The predicted octanol–water partition coefficient (Wildman–Crippen LogP) is 2.44. The fourth-order valence-corrected chi connectivity index (χ4v) is 1.86. The van der Waals surface area contributed by atoms with Crippen molar-refractivity contribution < 1.29 is 19.4 Å². The van der Waals surface area contributed by atoms with Gasteiger partial charge in [-0.2, -0.15) is 0 Å². The van der Waals surface area contributed by atoms with Gasteiger partial charge in [0, 0.05) is 32.0 Å². The third kappa shape index (κ3) is 2.56. The first-order chi connectivity index (χ1) is 8.39. The summed E-state index contributed by atoms with van der Waals surface area (Å²) in [6.07, 6.45) is -0.959. The van der Waals surface area contributed by atoms with E-state index in [0.29, 0.717) is 13.2 Å². The summed E-state index contributed by atoms with van der Waals surface area (Å²) in [6, 6.07) is 5.68. The Hall–Kier alpha value is -1.75. The van der Waals surface area contributed by atoms with Gasteiger partial charge in [0.25, 0.3) is 0 Å². The molecule has 5 nitrogen and oxygen atoms in total. The van der Waals surface area contributed by atoms with Crippen LogP contribution in [0.4, 0.5) is 4.79 Å². The van der Waals surface area contributed by atoms with Crippen LogP contribution in [0.2, 0.25) is 0 Å². The minimum Gasteiger partial charge on any atom is -0.465 e. The Kier molecular flexibility index (Phi) is 3.17. The Bertz CT molecular complexity index is 470. The van der Waals surface area contributed by atoms with Crippen molar-refractivity contribution in [1.29, 1.82) is 0 Å². The Morgan fingerprint density at radius 2 is 2.22 bits per heavy atom. The van der Waals surface area contributed by atoms with E-state index in [9.17, 15) is 4.79 Å². The van der Waals surface area contributed by atoms with Crippen LogP contribution in [0, 0.1) is 0 Å². The maximum atomic E-state index is 10.9. The molecule has 2 rings (SSSR count). The van der Waals surface area contributed by atoms with Crippen LogP contribution in [0.3, 0.4) is 0 Å². The molecular formula is C13H17NO4. The summed E-state index contributed by atoms with van der Waals surface area (Å²) in [5, 5.41) is 8.91. The van der Waals surface area contributed by atoms with E-state index in [-0.39, 0.29) is 0 Å². The van der Waals surface area contributed by atoms with Crippen molar-refractivity contribution in [3.8, 4) is 5.75 Å². The largest absolute Gasteiger partial charge is 0.465 e. The molecule has 0 spiro atoms. The zero-order chi connectivity index (χ0) is 13.3. The average Bonchev–Trinajstić information content (AvgIpc) is 2.29. The normalized spacial score (nSPS) is 16.6. The van der Waals surface area contributed by atoms with Crippen molar-refractivity contribution in [2.75, 3.05) is 7.05 Å². The first kappa shape index (κ1) is 12.7. The van der Waals surface area contributed by atoms with Crippen LogP contribution in [0.15, 0.2) is 18.2 Å². The smallest absolute Gasteiger partial charge is 0.407 e. The molecule has 1 heterocycles. The summed E-state index contributed by atoms with van der Waals surface area (Å²) in [5.74, 6) is 0.0621.